The van der Waals surface area contributed by atoms with E-state index in [1.54, 1.807) is 4.40 Å². The summed E-state index contributed by atoms with van der Waals surface area (Å²) in [5.74, 6) is 0. The molecule has 9 heteroatoms. The number of imidazole rings is 3. The quantitative estimate of drug-likeness (QED) is 0.154. The van der Waals surface area contributed by atoms with Gasteiger partial charge in [-0.2, -0.15) is 0 Å². The number of hydrogen-bond donors (Lipinski definition) is 0. The van der Waals surface area contributed by atoms with Crippen molar-refractivity contribution < 1.29 is 0 Å². The van der Waals surface area contributed by atoms with Crippen LogP contribution in [-0.2, 0) is 0 Å². The number of fused-ring (bicyclic) bond motifs is 15. The Morgan fingerprint density at radius 1 is 0.149 bits per heavy atom. The van der Waals surface area contributed by atoms with Crippen LogP contribution in [0.15, 0.2) is 451 Å². The van der Waals surface area contributed by atoms with E-state index in [-0.39, 0.29) is 16.7 Å². The maximum atomic E-state index is 15.4. The van der Waals surface area contributed by atoms with Gasteiger partial charge in [-0.05, 0) is 322 Å². The van der Waals surface area contributed by atoms with E-state index in [4.69, 9.17) is 9.97 Å². The van der Waals surface area contributed by atoms with E-state index >= 15 is 4.79 Å². The Bertz CT molecular complexity index is 11300. The zero-order valence-electron chi connectivity index (χ0n) is 75.5. The standard InChI is InChI=1S/C66H34N2O.C48H28N2O.C18H10N2O/c69-66-54-12-4-11-52-51(49-29-43-21-15-37-7-2-8-38-16-22-44(30-49)61(43)58(37)38)25-26-53(63(52)54)65-67-64-55(50-31-45-23-17-39-9-3-10-40-18-24-46(32-50)62(45)59(39)40)33-48(34-56(64)68(65)66)47-27-41-19-13-35-5-1-6-36-14-20-42(28-47)60(41)57(35)36;51-48-42-15-7-14-40-39(36-20-17-30-9-2-5-12-33(30)25-36)22-23-41(45(40)42)47-49-46-43(37-21-18-31-10-3-6-13-34(31)26-37)27-38(28-44(46)50(47)48)35-19-16-29-8-1-4-11-32(29)24-35;21-18-13-8-4-6-11-5-3-7-12(16(11)13)17-19-14-9-1-2-10-15(14)20(17)18/h1-34H;1-28H;1-10H. The topological polar surface area (TPSA) is 103 Å². The Kier molecular flexibility index (Phi) is 15.9. The van der Waals surface area contributed by atoms with Crippen LogP contribution >= 0.6 is 0 Å². The van der Waals surface area contributed by atoms with Gasteiger partial charge in [-0.3, -0.25) is 27.6 Å². The van der Waals surface area contributed by atoms with Gasteiger partial charge in [-0.25, -0.2) is 15.0 Å². The van der Waals surface area contributed by atoms with Gasteiger partial charge in [0.25, 0.3) is 16.7 Å². The summed E-state index contributed by atoms with van der Waals surface area (Å²) < 4.78 is 5.46. The third-order valence-electron chi connectivity index (χ3n) is 30.6. The van der Waals surface area contributed by atoms with E-state index < -0.39 is 0 Å². The molecule has 0 saturated heterocycles. The monoisotopic (exact) mass is 1790 g/mol. The molecule has 27 aromatic carbocycles. The van der Waals surface area contributed by atoms with Crippen LogP contribution in [0, 0.1) is 0 Å². The van der Waals surface area contributed by atoms with Crippen LogP contribution in [0.1, 0.15) is 0 Å². The van der Waals surface area contributed by atoms with Crippen molar-refractivity contribution in [2.24, 2.45) is 0 Å². The summed E-state index contributed by atoms with van der Waals surface area (Å²) in [5, 5.41) is 40.8. The van der Waals surface area contributed by atoms with Crippen molar-refractivity contribution >= 4 is 244 Å². The van der Waals surface area contributed by atoms with Crippen molar-refractivity contribution in [3.8, 4) is 66.8 Å². The minimum absolute atomic E-state index is 0.00278. The second-order valence-corrected chi connectivity index (χ2v) is 38.2. The second-order valence-electron chi connectivity index (χ2n) is 38.2. The Balaban J connectivity index is 0.000000110. The lowest BCUT2D eigenvalue weighted by Crippen LogP contribution is -2.13. The molecule has 33 rings (SSSR count). The fraction of sp³-hybridized carbons (Fsp3) is 0. The van der Waals surface area contributed by atoms with Crippen molar-refractivity contribution in [3.05, 3.63) is 468 Å². The third-order valence-corrected chi connectivity index (χ3v) is 30.6. The third kappa shape index (κ3) is 11.3. The van der Waals surface area contributed by atoms with Gasteiger partial charge in [0.15, 0.2) is 0 Å². The van der Waals surface area contributed by atoms with Crippen LogP contribution in [0.5, 0.6) is 0 Å². The highest BCUT2D eigenvalue weighted by molar-refractivity contribution is 6.30. The lowest BCUT2D eigenvalue weighted by atomic mass is 9.89. The molecule has 648 valence electrons. The van der Waals surface area contributed by atoms with Gasteiger partial charge in [-0.1, -0.05) is 315 Å². The maximum absolute atomic E-state index is 15.4. The number of benzene rings is 27. The SMILES string of the molecule is O=c1c2cccc3c(-c4cc5ccc6cccc7ccc(c4)c5c67)ccc(c32)c2nc3c(-c4cc5ccc6cccc7ccc(c4)c5c67)cc(-c4cc5ccc6cccc7ccc(c4)c5c67)cc3n12.O=c1c2cccc3c(-c4ccc5ccccc5c4)ccc(c32)c2nc3c(-c4ccc5ccccc5c4)cc(-c4ccc5ccccc5c4)cc3n12.O=c1c2cccc3cccc(c32)c2nc3ccccc3n12. The van der Waals surface area contributed by atoms with Gasteiger partial charge < -0.3 is 0 Å². The number of para-hydroxylation sites is 2. The van der Waals surface area contributed by atoms with Crippen LogP contribution in [-0.4, -0.2) is 28.2 Å². The van der Waals surface area contributed by atoms with Crippen molar-refractivity contribution in [1.29, 1.82) is 0 Å². The van der Waals surface area contributed by atoms with Crippen molar-refractivity contribution in [2.75, 3.05) is 0 Å². The minimum Gasteiger partial charge on any atom is -0.268 e. The van der Waals surface area contributed by atoms with Gasteiger partial charge >= 0.3 is 0 Å². The minimum atomic E-state index is -0.0625. The highest BCUT2D eigenvalue weighted by Gasteiger charge is 2.28. The summed E-state index contributed by atoms with van der Waals surface area (Å²) in [6.45, 7) is 0. The van der Waals surface area contributed by atoms with Crippen LogP contribution in [0.2, 0.25) is 0 Å². The fourth-order valence-electron chi connectivity index (χ4n) is 24.2. The lowest BCUT2D eigenvalue weighted by Gasteiger charge is -2.15. The smallest absolute Gasteiger partial charge is 0.264 e. The molecule has 0 N–H and O–H groups in total. The first-order valence-corrected chi connectivity index (χ1v) is 48.0. The summed E-state index contributed by atoms with van der Waals surface area (Å²) >= 11 is 0. The van der Waals surface area contributed by atoms with E-state index in [2.05, 4.69) is 357 Å². The Hall–Kier alpha value is -19.0. The molecule has 0 aliphatic rings. The van der Waals surface area contributed by atoms with Crippen LogP contribution in [0.4, 0.5) is 0 Å². The molecule has 0 bridgehead atoms. The van der Waals surface area contributed by atoms with Gasteiger partial charge in [0.05, 0.1) is 33.1 Å². The number of aromatic nitrogens is 6. The van der Waals surface area contributed by atoms with E-state index in [0.29, 0.717) is 22.1 Å². The average Bonchev–Trinajstić information content (AvgIpc) is 1.34. The molecular formula is C132H72N6O3. The van der Waals surface area contributed by atoms with Crippen molar-refractivity contribution in [2.45, 2.75) is 0 Å². The summed E-state index contributed by atoms with van der Waals surface area (Å²) in [6, 6.07) is 155. The molecule has 0 atom stereocenters. The Morgan fingerprint density at radius 2 is 0.418 bits per heavy atom. The maximum Gasteiger partial charge on any atom is 0.264 e. The molecule has 0 spiro atoms. The summed E-state index contributed by atoms with van der Waals surface area (Å²) in [5.41, 5.74) is 19.8. The number of nitrogens with zero attached hydrogens (tertiary/aromatic N) is 6. The predicted octanol–water partition coefficient (Wildman–Crippen LogP) is 32.9. The largest absolute Gasteiger partial charge is 0.268 e. The van der Waals surface area contributed by atoms with E-state index in [1.807, 2.05) is 93.7 Å². The molecule has 33 aromatic rings. The van der Waals surface area contributed by atoms with Gasteiger partial charge in [0.2, 0.25) is 0 Å². The summed E-state index contributed by atoms with van der Waals surface area (Å²) in [7, 11) is 0. The molecular weight excluding hydrogens is 1720 g/mol. The van der Waals surface area contributed by atoms with E-state index in [0.717, 1.165) is 165 Å². The molecule has 0 radical (unpaired) electrons. The molecule has 0 amide bonds. The van der Waals surface area contributed by atoms with E-state index in [9.17, 15) is 9.59 Å². The number of hydrogen-bond acceptors (Lipinski definition) is 6. The molecule has 0 aliphatic carbocycles. The first kappa shape index (κ1) is 77.3. The molecule has 9 nitrogen and oxygen atoms in total. The fourth-order valence-corrected chi connectivity index (χ4v) is 24.2. The lowest BCUT2D eigenvalue weighted by molar-refractivity contribution is 1.19. The number of pyridine rings is 3. The first-order chi connectivity index (χ1) is 69.6. The summed E-state index contributed by atoms with van der Waals surface area (Å²) in [6.07, 6.45) is 0. The summed E-state index contributed by atoms with van der Waals surface area (Å²) in [4.78, 5) is 58.7. The zero-order chi connectivity index (χ0) is 92.4. The molecule has 0 saturated carbocycles. The Labute approximate surface area is 801 Å². The predicted molar refractivity (Wildman–Crippen MR) is 592 cm³/mol. The van der Waals surface area contributed by atoms with Gasteiger partial charge in [0, 0.05) is 59.6 Å². The van der Waals surface area contributed by atoms with Crippen LogP contribution in [0.25, 0.3) is 311 Å². The van der Waals surface area contributed by atoms with Crippen molar-refractivity contribution in [3.63, 3.8) is 0 Å². The molecule has 141 heavy (non-hydrogen) atoms. The van der Waals surface area contributed by atoms with Gasteiger partial charge in [-0.15, -0.1) is 0 Å². The van der Waals surface area contributed by atoms with Crippen molar-refractivity contribution in [1.82, 2.24) is 28.2 Å². The Morgan fingerprint density at radius 3 is 0.872 bits per heavy atom. The zero-order valence-corrected chi connectivity index (χ0v) is 75.5. The first-order valence-electron chi connectivity index (χ1n) is 48.0. The van der Waals surface area contributed by atoms with Gasteiger partial charge in [0.1, 0.15) is 16.9 Å². The molecule has 0 unspecified atom stereocenters. The normalized spacial score (nSPS) is 12.3. The highest BCUT2D eigenvalue weighted by atomic mass is 16.1. The van der Waals surface area contributed by atoms with Crippen LogP contribution in [0.3, 0.4) is 0 Å². The average molecular weight is 1790 g/mol. The molecule has 6 aromatic heterocycles. The second kappa shape index (κ2) is 29.0. The molecule has 0 aliphatic heterocycles. The highest BCUT2D eigenvalue weighted by Crippen LogP contribution is 2.49. The van der Waals surface area contributed by atoms with Crippen LogP contribution < -0.4 is 16.7 Å². The van der Waals surface area contributed by atoms with E-state index in [1.165, 1.54) is 124 Å². The number of rotatable bonds is 6. The molecule has 6 heterocycles. The molecule has 0 fully saturated rings.